The summed E-state index contributed by atoms with van der Waals surface area (Å²) >= 11 is 0. The molecular formula is C17H26N2O. The van der Waals surface area contributed by atoms with E-state index in [1.165, 1.54) is 11.1 Å². The Morgan fingerprint density at radius 2 is 2.15 bits per heavy atom. The van der Waals surface area contributed by atoms with Crippen LogP contribution in [-0.4, -0.2) is 18.0 Å². The highest BCUT2D eigenvalue weighted by Crippen LogP contribution is 2.26. The van der Waals surface area contributed by atoms with Crippen LogP contribution in [0.4, 0.5) is 0 Å². The summed E-state index contributed by atoms with van der Waals surface area (Å²) in [5.41, 5.74) is 8.61. The van der Waals surface area contributed by atoms with Crippen molar-refractivity contribution in [3.05, 3.63) is 35.4 Å². The number of nitrogens with two attached hydrogens (primary N) is 1. The van der Waals surface area contributed by atoms with Crippen molar-refractivity contribution in [1.29, 1.82) is 0 Å². The summed E-state index contributed by atoms with van der Waals surface area (Å²) < 4.78 is 0. The minimum absolute atomic E-state index is 0.147. The number of aryl methyl sites for hydroxylation is 1. The first-order chi connectivity index (χ1) is 9.56. The van der Waals surface area contributed by atoms with E-state index in [0.717, 1.165) is 25.7 Å². The second kappa shape index (κ2) is 6.89. The first kappa shape index (κ1) is 15.0. The molecule has 1 unspecified atom stereocenters. The van der Waals surface area contributed by atoms with Gasteiger partial charge in [0.05, 0.1) is 0 Å². The van der Waals surface area contributed by atoms with Gasteiger partial charge in [-0.3, -0.25) is 4.79 Å². The van der Waals surface area contributed by atoms with Crippen molar-refractivity contribution in [2.75, 3.05) is 0 Å². The molecule has 0 heterocycles. The van der Waals surface area contributed by atoms with E-state index in [9.17, 15) is 4.79 Å². The van der Waals surface area contributed by atoms with E-state index in [2.05, 4.69) is 37.4 Å². The lowest BCUT2D eigenvalue weighted by atomic mass is 9.98. The molecule has 20 heavy (non-hydrogen) atoms. The van der Waals surface area contributed by atoms with Gasteiger partial charge in [0.25, 0.3) is 0 Å². The fraction of sp³-hybridized carbons (Fsp3) is 0.588. The number of nitrogens with one attached hydrogen (secondary N) is 1. The lowest BCUT2D eigenvalue weighted by Crippen LogP contribution is -2.37. The monoisotopic (exact) mass is 274 g/mol. The molecule has 1 aliphatic carbocycles. The Hall–Kier alpha value is -1.35. The molecule has 1 saturated carbocycles. The van der Waals surface area contributed by atoms with Crippen LogP contribution in [0.3, 0.4) is 0 Å². The molecule has 0 aliphatic heterocycles. The van der Waals surface area contributed by atoms with Crippen molar-refractivity contribution in [3.8, 4) is 0 Å². The summed E-state index contributed by atoms with van der Waals surface area (Å²) in [6.07, 6.45) is 4.80. The Balaban J connectivity index is 1.80. The quantitative estimate of drug-likeness (QED) is 0.867. The lowest BCUT2D eigenvalue weighted by Gasteiger charge is -2.18. The van der Waals surface area contributed by atoms with Crippen LogP contribution in [0.5, 0.6) is 0 Å². The maximum Gasteiger partial charge on any atom is 0.220 e. The summed E-state index contributed by atoms with van der Waals surface area (Å²) in [6, 6.07) is 8.72. The first-order valence-electron chi connectivity index (χ1n) is 7.65. The van der Waals surface area contributed by atoms with Crippen molar-refractivity contribution in [1.82, 2.24) is 5.32 Å². The highest BCUT2D eigenvalue weighted by atomic mass is 16.1. The second-order valence-electron chi connectivity index (χ2n) is 6.16. The van der Waals surface area contributed by atoms with E-state index in [1.807, 2.05) is 6.07 Å². The van der Waals surface area contributed by atoms with Crippen LogP contribution in [0.1, 0.15) is 43.7 Å². The van der Waals surface area contributed by atoms with Crippen LogP contribution >= 0.6 is 0 Å². The summed E-state index contributed by atoms with van der Waals surface area (Å²) in [6.45, 7) is 4.18. The van der Waals surface area contributed by atoms with Gasteiger partial charge in [-0.25, -0.2) is 0 Å². The minimum Gasteiger partial charge on any atom is -0.353 e. The predicted molar refractivity (Wildman–Crippen MR) is 82.4 cm³/mol. The zero-order chi connectivity index (χ0) is 14.5. The molecule has 110 valence electrons. The fourth-order valence-corrected chi connectivity index (χ4v) is 3.11. The van der Waals surface area contributed by atoms with Gasteiger partial charge in [0.15, 0.2) is 0 Å². The third kappa shape index (κ3) is 4.07. The smallest absolute Gasteiger partial charge is 0.220 e. The van der Waals surface area contributed by atoms with Crippen LogP contribution < -0.4 is 11.1 Å². The molecule has 3 nitrogen and oxygen atoms in total. The molecule has 0 aromatic heterocycles. The maximum absolute atomic E-state index is 12.1. The molecule has 1 aromatic carbocycles. The number of hydrogen-bond donors (Lipinski definition) is 2. The number of benzene rings is 1. The van der Waals surface area contributed by atoms with Gasteiger partial charge in [-0.05, 0) is 50.2 Å². The van der Waals surface area contributed by atoms with E-state index in [1.54, 1.807) is 0 Å². The molecular weight excluding hydrogens is 248 g/mol. The van der Waals surface area contributed by atoms with Crippen molar-refractivity contribution < 1.29 is 4.79 Å². The summed E-state index contributed by atoms with van der Waals surface area (Å²) in [5, 5.41) is 3.11. The van der Waals surface area contributed by atoms with Gasteiger partial charge in [-0.1, -0.05) is 30.7 Å². The third-order valence-electron chi connectivity index (χ3n) is 4.36. The molecule has 2 rings (SSSR count). The molecule has 3 heteroatoms. The van der Waals surface area contributed by atoms with Crippen molar-refractivity contribution in [3.63, 3.8) is 0 Å². The molecule has 0 saturated heterocycles. The molecule has 1 aromatic rings. The molecule has 0 bridgehead atoms. The third-order valence-corrected chi connectivity index (χ3v) is 4.36. The number of rotatable bonds is 5. The number of carbonyl (C=O) groups excluding carboxylic acids is 1. The normalized spacial score (nSPS) is 23.6. The van der Waals surface area contributed by atoms with Gasteiger partial charge >= 0.3 is 0 Å². The summed E-state index contributed by atoms with van der Waals surface area (Å²) in [4.78, 5) is 12.1. The van der Waals surface area contributed by atoms with E-state index >= 15 is 0 Å². The van der Waals surface area contributed by atoms with Crippen molar-refractivity contribution >= 4 is 5.91 Å². The van der Waals surface area contributed by atoms with Crippen LogP contribution in [0.15, 0.2) is 24.3 Å². The molecule has 0 radical (unpaired) electrons. The summed E-state index contributed by atoms with van der Waals surface area (Å²) in [5.74, 6) is 0.522. The average Bonchev–Trinajstić information content (AvgIpc) is 2.77. The Kier molecular flexibility index (Phi) is 5.18. The van der Waals surface area contributed by atoms with Gasteiger partial charge in [-0.15, -0.1) is 0 Å². The SMILES string of the molecule is Cc1ccccc1CC(C)NC(=O)C[C@@H]1CCC[C@H]1N. The molecule has 1 aliphatic rings. The van der Waals surface area contributed by atoms with Crippen LogP contribution in [0.2, 0.25) is 0 Å². The first-order valence-corrected chi connectivity index (χ1v) is 7.65. The molecule has 0 spiro atoms. The highest BCUT2D eigenvalue weighted by molar-refractivity contribution is 5.76. The van der Waals surface area contributed by atoms with Gasteiger partial charge < -0.3 is 11.1 Å². The maximum atomic E-state index is 12.1. The largest absolute Gasteiger partial charge is 0.353 e. The molecule has 1 amide bonds. The molecule has 1 fully saturated rings. The Morgan fingerprint density at radius 1 is 1.40 bits per heavy atom. The van der Waals surface area contributed by atoms with Crippen molar-refractivity contribution in [2.24, 2.45) is 11.7 Å². The number of amides is 1. The zero-order valence-electron chi connectivity index (χ0n) is 12.6. The lowest BCUT2D eigenvalue weighted by molar-refractivity contribution is -0.122. The van der Waals surface area contributed by atoms with Gasteiger partial charge in [0, 0.05) is 18.5 Å². The Bertz CT molecular complexity index is 458. The van der Waals surface area contributed by atoms with Gasteiger partial charge in [0.2, 0.25) is 5.91 Å². The average molecular weight is 274 g/mol. The molecule has 3 N–H and O–H groups in total. The number of carbonyl (C=O) groups is 1. The molecule has 3 atom stereocenters. The standard InChI is InChI=1S/C17H26N2O/c1-12-6-3-4-7-14(12)10-13(2)19-17(20)11-15-8-5-9-16(15)18/h3-4,6-7,13,15-16H,5,8-11,18H2,1-2H3,(H,19,20)/t13?,15-,16+/m0/s1. The minimum atomic E-state index is 0.147. The van der Waals surface area contributed by atoms with Crippen molar-refractivity contribution in [2.45, 2.75) is 58.0 Å². The fourth-order valence-electron chi connectivity index (χ4n) is 3.11. The van der Waals surface area contributed by atoms with Gasteiger partial charge in [0.1, 0.15) is 0 Å². The van der Waals surface area contributed by atoms with E-state index in [0.29, 0.717) is 12.3 Å². The van der Waals surface area contributed by atoms with E-state index in [4.69, 9.17) is 5.73 Å². The van der Waals surface area contributed by atoms with E-state index < -0.39 is 0 Å². The predicted octanol–water partition coefficient (Wildman–Crippen LogP) is 2.56. The van der Waals surface area contributed by atoms with Crippen LogP contribution in [-0.2, 0) is 11.2 Å². The Morgan fingerprint density at radius 3 is 2.80 bits per heavy atom. The highest BCUT2D eigenvalue weighted by Gasteiger charge is 2.26. The number of hydrogen-bond acceptors (Lipinski definition) is 2. The Labute approximate surface area is 121 Å². The van der Waals surface area contributed by atoms with E-state index in [-0.39, 0.29) is 18.0 Å². The topological polar surface area (TPSA) is 55.1 Å². The van der Waals surface area contributed by atoms with Gasteiger partial charge in [-0.2, -0.15) is 0 Å². The second-order valence-corrected chi connectivity index (χ2v) is 6.16. The summed E-state index contributed by atoms with van der Waals surface area (Å²) in [7, 11) is 0. The van der Waals surface area contributed by atoms with Crippen LogP contribution in [0.25, 0.3) is 0 Å². The zero-order valence-corrected chi connectivity index (χ0v) is 12.6. The van der Waals surface area contributed by atoms with Crippen LogP contribution in [0, 0.1) is 12.8 Å².